The summed E-state index contributed by atoms with van der Waals surface area (Å²) in [4.78, 5) is 14.6. The van der Waals surface area contributed by atoms with Crippen LogP contribution in [0.1, 0.15) is 23.0 Å². The minimum atomic E-state index is -0.124. The summed E-state index contributed by atoms with van der Waals surface area (Å²) in [5.74, 6) is -0.124. The SMILES string of the molecule is Cc1ccc(-c2cc(C(=O)NC[C@@H](C)N3CCOCC3)[nH]n2)cc1. The molecule has 0 aliphatic carbocycles. The number of carbonyl (C=O) groups excluding carboxylic acids is 1. The van der Waals surface area contributed by atoms with Gasteiger partial charge in [0.1, 0.15) is 5.69 Å². The fraction of sp³-hybridized carbons (Fsp3) is 0.444. The molecule has 0 radical (unpaired) electrons. The van der Waals surface area contributed by atoms with Gasteiger partial charge in [0.25, 0.3) is 5.91 Å². The lowest BCUT2D eigenvalue weighted by atomic mass is 10.1. The van der Waals surface area contributed by atoms with Crippen LogP contribution in [0.2, 0.25) is 0 Å². The second kappa shape index (κ2) is 7.59. The number of carbonyl (C=O) groups is 1. The number of aromatic nitrogens is 2. The molecule has 1 aliphatic heterocycles. The zero-order valence-electron chi connectivity index (χ0n) is 14.2. The highest BCUT2D eigenvalue weighted by atomic mass is 16.5. The van der Waals surface area contributed by atoms with Crippen LogP contribution in [-0.4, -0.2) is 59.9 Å². The monoisotopic (exact) mass is 328 g/mol. The van der Waals surface area contributed by atoms with Gasteiger partial charge < -0.3 is 10.1 Å². The van der Waals surface area contributed by atoms with E-state index in [1.807, 2.05) is 31.2 Å². The number of amides is 1. The van der Waals surface area contributed by atoms with E-state index in [2.05, 4.69) is 27.3 Å². The van der Waals surface area contributed by atoms with E-state index in [-0.39, 0.29) is 11.9 Å². The molecule has 1 atom stereocenters. The lowest BCUT2D eigenvalue weighted by Gasteiger charge is -2.32. The summed E-state index contributed by atoms with van der Waals surface area (Å²) in [6, 6.07) is 10.2. The Bertz CT molecular complexity index is 675. The van der Waals surface area contributed by atoms with Gasteiger partial charge in [-0.3, -0.25) is 14.8 Å². The van der Waals surface area contributed by atoms with Crippen molar-refractivity contribution in [1.82, 2.24) is 20.4 Å². The molecule has 1 saturated heterocycles. The predicted molar refractivity (Wildman–Crippen MR) is 92.9 cm³/mol. The number of morpholine rings is 1. The highest BCUT2D eigenvalue weighted by Gasteiger charge is 2.18. The first kappa shape index (κ1) is 16.7. The number of nitrogens with one attached hydrogen (secondary N) is 2. The third-order valence-corrected chi connectivity index (χ3v) is 4.40. The zero-order valence-corrected chi connectivity index (χ0v) is 14.2. The summed E-state index contributed by atoms with van der Waals surface area (Å²) < 4.78 is 5.35. The van der Waals surface area contributed by atoms with Gasteiger partial charge in [-0.1, -0.05) is 29.8 Å². The van der Waals surface area contributed by atoms with Gasteiger partial charge in [0.2, 0.25) is 0 Å². The molecule has 0 unspecified atom stereocenters. The third-order valence-electron chi connectivity index (χ3n) is 4.40. The topological polar surface area (TPSA) is 70.2 Å². The van der Waals surface area contributed by atoms with E-state index in [9.17, 15) is 4.79 Å². The molecule has 2 heterocycles. The molecule has 0 spiro atoms. The van der Waals surface area contributed by atoms with Crippen molar-refractivity contribution in [3.63, 3.8) is 0 Å². The Morgan fingerprint density at radius 2 is 2.04 bits per heavy atom. The van der Waals surface area contributed by atoms with Crippen molar-refractivity contribution in [1.29, 1.82) is 0 Å². The molecule has 2 aromatic rings. The van der Waals surface area contributed by atoms with Gasteiger partial charge in [0.05, 0.1) is 18.9 Å². The standard InChI is InChI=1S/C18H24N4O2/c1-13-3-5-15(6-4-13)16-11-17(21-20-16)18(23)19-12-14(2)22-7-9-24-10-8-22/h3-6,11,14H,7-10,12H2,1-2H3,(H,19,23)(H,20,21)/t14-/m1/s1. The van der Waals surface area contributed by atoms with E-state index in [1.165, 1.54) is 5.56 Å². The lowest BCUT2D eigenvalue weighted by Crippen LogP contribution is -2.47. The molecule has 128 valence electrons. The number of nitrogens with zero attached hydrogens (tertiary/aromatic N) is 2. The second-order valence-electron chi connectivity index (χ2n) is 6.24. The van der Waals surface area contributed by atoms with E-state index in [1.54, 1.807) is 6.07 Å². The van der Waals surface area contributed by atoms with Gasteiger partial charge in [-0.05, 0) is 19.9 Å². The molecular formula is C18H24N4O2. The first-order valence-electron chi connectivity index (χ1n) is 8.36. The average molecular weight is 328 g/mol. The second-order valence-corrected chi connectivity index (χ2v) is 6.24. The molecule has 0 bridgehead atoms. The Hall–Kier alpha value is -2.18. The highest BCUT2D eigenvalue weighted by molar-refractivity contribution is 5.93. The fourth-order valence-corrected chi connectivity index (χ4v) is 2.79. The van der Waals surface area contributed by atoms with Gasteiger partial charge in [-0.25, -0.2) is 0 Å². The molecule has 1 aromatic carbocycles. The molecular weight excluding hydrogens is 304 g/mol. The van der Waals surface area contributed by atoms with Crippen molar-refractivity contribution in [2.75, 3.05) is 32.8 Å². The van der Waals surface area contributed by atoms with Gasteiger partial charge >= 0.3 is 0 Å². The van der Waals surface area contributed by atoms with E-state index < -0.39 is 0 Å². The van der Waals surface area contributed by atoms with Crippen LogP contribution in [-0.2, 0) is 4.74 Å². The molecule has 3 rings (SSSR count). The summed E-state index contributed by atoms with van der Waals surface area (Å²) >= 11 is 0. The molecule has 6 heteroatoms. The minimum absolute atomic E-state index is 0.124. The van der Waals surface area contributed by atoms with Crippen LogP contribution in [0.25, 0.3) is 11.3 Å². The number of ether oxygens (including phenoxy) is 1. The van der Waals surface area contributed by atoms with E-state index in [0.29, 0.717) is 12.2 Å². The molecule has 6 nitrogen and oxygen atoms in total. The van der Waals surface area contributed by atoms with E-state index in [4.69, 9.17) is 4.74 Å². The van der Waals surface area contributed by atoms with Crippen LogP contribution in [0, 0.1) is 6.92 Å². The summed E-state index contributed by atoms with van der Waals surface area (Å²) in [6.45, 7) is 8.13. The van der Waals surface area contributed by atoms with Crippen LogP contribution in [0.3, 0.4) is 0 Å². The molecule has 1 aromatic heterocycles. The quantitative estimate of drug-likeness (QED) is 0.878. The normalized spacial score (nSPS) is 16.8. The van der Waals surface area contributed by atoms with Crippen molar-refractivity contribution in [3.8, 4) is 11.3 Å². The number of aromatic amines is 1. The Morgan fingerprint density at radius 1 is 1.33 bits per heavy atom. The van der Waals surface area contributed by atoms with Crippen LogP contribution in [0.5, 0.6) is 0 Å². The first-order chi connectivity index (χ1) is 11.6. The van der Waals surface area contributed by atoms with Crippen molar-refractivity contribution in [2.24, 2.45) is 0 Å². The Labute approximate surface area is 142 Å². The smallest absolute Gasteiger partial charge is 0.269 e. The number of aryl methyl sites for hydroxylation is 1. The number of H-pyrrole nitrogens is 1. The zero-order chi connectivity index (χ0) is 16.9. The number of rotatable bonds is 5. The van der Waals surface area contributed by atoms with Crippen LogP contribution >= 0.6 is 0 Å². The van der Waals surface area contributed by atoms with Crippen molar-refractivity contribution in [3.05, 3.63) is 41.6 Å². The number of hydrogen-bond acceptors (Lipinski definition) is 4. The minimum Gasteiger partial charge on any atom is -0.379 e. The van der Waals surface area contributed by atoms with Crippen molar-refractivity contribution >= 4 is 5.91 Å². The highest BCUT2D eigenvalue weighted by Crippen LogP contribution is 2.18. The van der Waals surface area contributed by atoms with Gasteiger partial charge in [-0.15, -0.1) is 0 Å². The molecule has 24 heavy (non-hydrogen) atoms. The number of benzene rings is 1. The molecule has 1 fully saturated rings. The predicted octanol–water partition coefficient (Wildman–Crippen LogP) is 1.84. The summed E-state index contributed by atoms with van der Waals surface area (Å²) in [5.41, 5.74) is 3.46. The fourth-order valence-electron chi connectivity index (χ4n) is 2.79. The Morgan fingerprint density at radius 3 is 2.75 bits per heavy atom. The van der Waals surface area contributed by atoms with Crippen molar-refractivity contribution in [2.45, 2.75) is 19.9 Å². The average Bonchev–Trinajstić information content (AvgIpc) is 3.11. The lowest BCUT2D eigenvalue weighted by molar-refractivity contribution is 0.0204. The van der Waals surface area contributed by atoms with Crippen LogP contribution in [0.15, 0.2) is 30.3 Å². The van der Waals surface area contributed by atoms with Gasteiger partial charge in [0, 0.05) is 31.2 Å². The van der Waals surface area contributed by atoms with E-state index >= 15 is 0 Å². The third kappa shape index (κ3) is 4.01. The molecule has 1 aliphatic rings. The maximum atomic E-state index is 12.3. The maximum Gasteiger partial charge on any atom is 0.269 e. The van der Waals surface area contributed by atoms with Gasteiger partial charge in [0.15, 0.2) is 0 Å². The maximum absolute atomic E-state index is 12.3. The number of hydrogen-bond donors (Lipinski definition) is 2. The van der Waals surface area contributed by atoms with E-state index in [0.717, 1.165) is 37.6 Å². The molecule has 0 saturated carbocycles. The van der Waals surface area contributed by atoms with Gasteiger partial charge in [-0.2, -0.15) is 5.10 Å². The first-order valence-corrected chi connectivity index (χ1v) is 8.36. The largest absolute Gasteiger partial charge is 0.379 e. The summed E-state index contributed by atoms with van der Waals surface area (Å²) in [5, 5.41) is 10.0. The van der Waals surface area contributed by atoms with Crippen LogP contribution < -0.4 is 5.32 Å². The van der Waals surface area contributed by atoms with Crippen molar-refractivity contribution < 1.29 is 9.53 Å². The summed E-state index contributed by atoms with van der Waals surface area (Å²) in [7, 11) is 0. The molecule has 1 amide bonds. The molecule has 2 N–H and O–H groups in total. The van der Waals surface area contributed by atoms with Crippen LogP contribution in [0.4, 0.5) is 0 Å². The Balaban J connectivity index is 1.56. The summed E-state index contributed by atoms with van der Waals surface area (Å²) in [6.07, 6.45) is 0. The Kier molecular flexibility index (Phi) is 5.27.